The number of aryl methyl sites for hydroxylation is 1. The molecule has 0 aromatic heterocycles. The maximum absolute atomic E-state index is 12.8. The number of carbonyl (C=O) groups excluding carboxylic acids is 2. The van der Waals surface area contributed by atoms with Crippen LogP contribution in [0.15, 0.2) is 53.4 Å². The number of amides is 2. The topological polar surface area (TPSA) is 86.8 Å². The normalized spacial score (nSPS) is 15.1. The Bertz CT molecular complexity index is 1010. The van der Waals surface area contributed by atoms with Gasteiger partial charge >= 0.3 is 6.03 Å². The fourth-order valence-electron chi connectivity index (χ4n) is 3.44. The summed E-state index contributed by atoms with van der Waals surface area (Å²) in [5, 5.41) is 2.91. The number of Topliss-reactive ketones (excluding diaryl/α,β-unsaturated/α-hetero) is 1. The van der Waals surface area contributed by atoms with Crippen molar-refractivity contribution in [2.75, 3.05) is 32.7 Å². The van der Waals surface area contributed by atoms with Gasteiger partial charge in [-0.15, -0.1) is 0 Å². The number of hydrogen-bond acceptors (Lipinski definition) is 4. The van der Waals surface area contributed by atoms with Gasteiger partial charge in [-0.2, -0.15) is 4.31 Å². The van der Waals surface area contributed by atoms with E-state index in [0.717, 1.165) is 6.42 Å². The number of urea groups is 1. The Hall–Kier alpha value is -2.71. The summed E-state index contributed by atoms with van der Waals surface area (Å²) in [6.45, 7) is 5.15. The summed E-state index contributed by atoms with van der Waals surface area (Å²) >= 11 is 0. The number of piperazine rings is 1. The first-order chi connectivity index (χ1) is 14.3. The second-order valence-corrected chi connectivity index (χ2v) is 9.38. The summed E-state index contributed by atoms with van der Waals surface area (Å²) in [4.78, 5) is 25.6. The number of nitrogens with zero attached hydrogens (tertiary/aromatic N) is 2. The molecule has 0 unspecified atom stereocenters. The molecule has 7 nitrogen and oxygen atoms in total. The minimum absolute atomic E-state index is 0.110. The highest BCUT2D eigenvalue weighted by molar-refractivity contribution is 7.89. The number of sulfonamides is 1. The van der Waals surface area contributed by atoms with Gasteiger partial charge in [-0.1, -0.05) is 42.0 Å². The monoisotopic (exact) mass is 429 g/mol. The van der Waals surface area contributed by atoms with Crippen molar-refractivity contribution in [2.45, 2.75) is 25.2 Å². The van der Waals surface area contributed by atoms with E-state index in [1.165, 1.54) is 46.6 Å². The molecule has 2 aromatic rings. The van der Waals surface area contributed by atoms with Crippen molar-refractivity contribution in [3.63, 3.8) is 0 Å². The highest BCUT2D eigenvalue weighted by atomic mass is 32.2. The Morgan fingerprint density at radius 2 is 1.67 bits per heavy atom. The molecule has 30 heavy (non-hydrogen) atoms. The van der Waals surface area contributed by atoms with Gasteiger partial charge in [0.1, 0.15) is 0 Å². The standard InChI is InChI=1S/C22H27N3O4S/c1-17-4-3-5-19(16-17)10-11-23-22(27)24-12-14-25(15-13-24)30(28,29)21-8-6-20(7-9-21)18(2)26/h3-9,16H,10-15H2,1-2H3,(H,23,27). The Morgan fingerprint density at radius 1 is 1.00 bits per heavy atom. The third-order valence-electron chi connectivity index (χ3n) is 5.20. The molecule has 0 atom stereocenters. The zero-order valence-corrected chi connectivity index (χ0v) is 18.1. The van der Waals surface area contributed by atoms with Gasteiger partial charge in [-0.25, -0.2) is 13.2 Å². The van der Waals surface area contributed by atoms with E-state index in [-0.39, 0.29) is 29.8 Å². The van der Waals surface area contributed by atoms with Gasteiger partial charge in [-0.05, 0) is 38.0 Å². The molecular formula is C22H27N3O4S. The minimum Gasteiger partial charge on any atom is -0.338 e. The fraction of sp³-hybridized carbons (Fsp3) is 0.364. The highest BCUT2D eigenvalue weighted by Gasteiger charge is 2.30. The molecule has 0 spiro atoms. The van der Waals surface area contributed by atoms with E-state index in [0.29, 0.717) is 25.2 Å². The molecule has 2 amide bonds. The van der Waals surface area contributed by atoms with Crippen molar-refractivity contribution < 1.29 is 18.0 Å². The molecule has 1 heterocycles. The van der Waals surface area contributed by atoms with Gasteiger partial charge in [0, 0.05) is 38.3 Å². The molecule has 1 fully saturated rings. The summed E-state index contributed by atoms with van der Waals surface area (Å²) in [5.41, 5.74) is 2.83. The van der Waals surface area contributed by atoms with Crippen LogP contribution in [-0.2, 0) is 16.4 Å². The first-order valence-corrected chi connectivity index (χ1v) is 11.4. The van der Waals surface area contributed by atoms with Crippen LogP contribution >= 0.6 is 0 Å². The quantitative estimate of drug-likeness (QED) is 0.715. The van der Waals surface area contributed by atoms with Crippen molar-refractivity contribution in [3.8, 4) is 0 Å². The Balaban J connectivity index is 1.50. The molecule has 160 valence electrons. The summed E-state index contributed by atoms with van der Waals surface area (Å²) in [7, 11) is -3.65. The van der Waals surface area contributed by atoms with Crippen molar-refractivity contribution in [1.29, 1.82) is 0 Å². The van der Waals surface area contributed by atoms with E-state index in [2.05, 4.69) is 11.4 Å². The zero-order valence-electron chi connectivity index (χ0n) is 17.3. The van der Waals surface area contributed by atoms with Crippen LogP contribution in [0.5, 0.6) is 0 Å². The SMILES string of the molecule is CC(=O)c1ccc(S(=O)(=O)N2CCN(C(=O)NCCc3cccc(C)c3)CC2)cc1. The lowest BCUT2D eigenvalue weighted by Gasteiger charge is -2.34. The molecule has 3 rings (SSSR count). The largest absolute Gasteiger partial charge is 0.338 e. The second-order valence-electron chi connectivity index (χ2n) is 7.44. The number of nitrogens with one attached hydrogen (secondary N) is 1. The Labute approximate surface area is 177 Å². The summed E-state index contributed by atoms with van der Waals surface area (Å²) in [5.74, 6) is -0.110. The number of rotatable bonds is 6. The molecule has 1 aliphatic heterocycles. The molecule has 0 saturated carbocycles. The maximum atomic E-state index is 12.8. The Kier molecular flexibility index (Phi) is 6.89. The summed E-state index contributed by atoms with van der Waals surface area (Å²) in [6.07, 6.45) is 0.748. The summed E-state index contributed by atoms with van der Waals surface area (Å²) < 4.78 is 27.0. The predicted octanol–water partition coefficient (Wildman–Crippen LogP) is 2.46. The molecule has 0 radical (unpaired) electrons. The Morgan fingerprint density at radius 3 is 2.27 bits per heavy atom. The van der Waals surface area contributed by atoms with Crippen LogP contribution in [-0.4, -0.2) is 62.2 Å². The number of benzene rings is 2. The van der Waals surface area contributed by atoms with E-state index in [4.69, 9.17) is 0 Å². The molecule has 1 N–H and O–H groups in total. The molecule has 0 bridgehead atoms. The van der Waals surface area contributed by atoms with Crippen LogP contribution in [0, 0.1) is 6.92 Å². The van der Waals surface area contributed by atoms with E-state index in [1.54, 1.807) is 4.90 Å². The first-order valence-electron chi connectivity index (χ1n) is 9.97. The van der Waals surface area contributed by atoms with Crippen LogP contribution in [0.4, 0.5) is 4.79 Å². The lowest BCUT2D eigenvalue weighted by atomic mass is 10.1. The molecule has 2 aromatic carbocycles. The van der Waals surface area contributed by atoms with Crippen molar-refractivity contribution in [3.05, 3.63) is 65.2 Å². The van der Waals surface area contributed by atoms with Crippen LogP contribution < -0.4 is 5.32 Å². The maximum Gasteiger partial charge on any atom is 0.317 e. The van der Waals surface area contributed by atoms with E-state index >= 15 is 0 Å². The fourth-order valence-corrected chi connectivity index (χ4v) is 4.86. The van der Waals surface area contributed by atoms with Gasteiger partial charge in [-0.3, -0.25) is 4.79 Å². The third kappa shape index (κ3) is 5.25. The van der Waals surface area contributed by atoms with Gasteiger partial charge in [0.2, 0.25) is 10.0 Å². The first kappa shape index (κ1) is 22.0. The summed E-state index contributed by atoms with van der Waals surface area (Å²) in [6, 6.07) is 13.9. The van der Waals surface area contributed by atoms with Crippen molar-refractivity contribution in [2.24, 2.45) is 0 Å². The smallest absolute Gasteiger partial charge is 0.317 e. The average Bonchev–Trinajstić information content (AvgIpc) is 2.74. The van der Waals surface area contributed by atoms with E-state index in [1.807, 2.05) is 25.1 Å². The number of hydrogen-bond donors (Lipinski definition) is 1. The van der Waals surface area contributed by atoms with Crippen molar-refractivity contribution >= 4 is 21.8 Å². The molecule has 1 aliphatic rings. The predicted molar refractivity (Wildman–Crippen MR) is 115 cm³/mol. The van der Waals surface area contributed by atoms with Gasteiger partial charge < -0.3 is 10.2 Å². The van der Waals surface area contributed by atoms with Gasteiger partial charge in [0.05, 0.1) is 4.90 Å². The lowest BCUT2D eigenvalue weighted by molar-refractivity contribution is 0.101. The van der Waals surface area contributed by atoms with Crippen molar-refractivity contribution in [1.82, 2.24) is 14.5 Å². The molecule has 8 heteroatoms. The molecule has 1 saturated heterocycles. The minimum atomic E-state index is -3.65. The van der Waals surface area contributed by atoms with Gasteiger partial charge in [0.15, 0.2) is 5.78 Å². The zero-order chi connectivity index (χ0) is 21.7. The number of ketones is 1. The molecular weight excluding hydrogens is 402 g/mol. The lowest BCUT2D eigenvalue weighted by Crippen LogP contribution is -2.53. The molecule has 0 aliphatic carbocycles. The second kappa shape index (κ2) is 9.40. The van der Waals surface area contributed by atoms with Crippen LogP contribution in [0.3, 0.4) is 0 Å². The highest BCUT2D eigenvalue weighted by Crippen LogP contribution is 2.18. The van der Waals surface area contributed by atoms with E-state index in [9.17, 15) is 18.0 Å². The van der Waals surface area contributed by atoms with Crippen LogP contribution in [0.1, 0.15) is 28.4 Å². The van der Waals surface area contributed by atoms with Crippen LogP contribution in [0.2, 0.25) is 0 Å². The van der Waals surface area contributed by atoms with Crippen LogP contribution in [0.25, 0.3) is 0 Å². The van der Waals surface area contributed by atoms with E-state index < -0.39 is 10.0 Å². The average molecular weight is 430 g/mol. The third-order valence-corrected chi connectivity index (χ3v) is 7.11. The number of carbonyl (C=O) groups is 2. The van der Waals surface area contributed by atoms with Gasteiger partial charge in [0.25, 0.3) is 0 Å².